The molecule has 0 saturated carbocycles. The molecule has 0 aromatic heterocycles. The lowest BCUT2D eigenvalue weighted by molar-refractivity contribution is -0.122. The Bertz CT molecular complexity index is 532. The van der Waals surface area contributed by atoms with Crippen molar-refractivity contribution in [2.45, 2.75) is 13.1 Å². The Labute approximate surface area is 118 Å². The van der Waals surface area contributed by atoms with E-state index in [4.69, 9.17) is 4.74 Å². The maximum atomic E-state index is 12.0. The molecular formula is C12H14F3N3O3. The Hall–Kier alpha value is -2.45. The van der Waals surface area contributed by atoms with E-state index in [1.165, 1.54) is 32.2 Å². The van der Waals surface area contributed by atoms with Crippen LogP contribution in [-0.2, 0) is 4.79 Å². The fourth-order valence-corrected chi connectivity index (χ4v) is 1.43. The largest absolute Gasteiger partial charge is 0.495 e. The van der Waals surface area contributed by atoms with Crippen molar-refractivity contribution in [1.82, 2.24) is 5.32 Å². The normalized spacial score (nSPS) is 10.7. The third kappa shape index (κ3) is 6.02. The number of hydrogen-bond donors (Lipinski definition) is 3. The molecule has 1 aromatic carbocycles. The highest BCUT2D eigenvalue weighted by molar-refractivity contribution is 5.94. The first-order chi connectivity index (χ1) is 9.71. The number of carbonyl (C=O) groups is 2. The zero-order valence-electron chi connectivity index (χ0n) is 11.3. The third-order valence-corrected chi connectivity index (χ3v) is 2.22. The number of methoxy groups -OCH3 is 1. The standard InChI is InChI=1S/C12H14F3N3O3/c1-7(19)17-8-3-4-10(21-2)9(5-8)18-11(20)16-6-12(13,14)15/h3-5H,6H2,1-2H3,(H,17,19)(H2,16,18,20). The summed E-state index contributed by atoms with van der Waals surface area (Å²) in [4.78, 5) is 22.3. The summed E-state index contributed by atoms with van der Waals surface area (Å²) in [6.45, 7) is -0.153. The number of nitrogens with one attached hydrogen (secondary N) is 3. The number of hydrogen-bond acceptors (Lipinski definition) is 3. The number of halogens is 3. The summed E-state index contributed by atoms with van der Waals surface area (Å²) < 4.78 is 41.0. The fraction of sp³-hybridized carbons (Fsp3) is 0.333. The van der Waals surface area contributed by atoms with Gasteiger partial charge >= 0.3 is 12.2 Å². The number of carbonyl (C=O) groups excluding carboxylic acids is 2. The molecule has 1 aromatic rings. The fourth-order valence-electron chi connectivity index (χ4n) is 1.43. The number of alkyl halides is 3. The van der Waals surface area contributed by atoms with Gasteiger partial charge in [-0.25, -0.2) is 4.79 Å². The minimum Gasteiger partial charge on any atom is -0.495 e. The second-order valence-electron chi connectivity index (χ2n) is 4.02. The van der Waals surface area contributed by atoms with Crippen LogP contribution in [0.25, 0.3) is 0 Å². The van der Waals surface area contributed by atoms with E-state index >= 15 is 0 Å². The van der Waals surface area contributed by atoms with Gasteiger partial charge in [0.05, 0.1) is 12.8 Å². The monoisotopic (exact) mass is 305 g/mol. The highest BCUT2D eigenvalue weighted by Gasteiger charge is 2.27. The molecule has 0 atom stereocenters. The maximum Gasteiger partial charge on any atom is 0.405 e. The molecule has 3 N–H and O–H groups in total. The van der Waals surface area contributed by atoms with E-state index in [2.05, 4.69) is 10.6 Å². The van der Waals surface area contributed by atoms with Gasteiger partial charge in [0.15, 0.2) is 0 Å². The van der Waals surface area contributed by atoms with Crippen LogP contribution >= 0.6 is 0 Å². The highest BCUT2D eigenvalue weighted by Crippen LogP contribution is 2.27. The summed E-state index contributed by atoms with van der Waals surface area (Å²) in [5.74, 6) is -0.0844. The van der Waals surface area contributed by atoms with Crippen LogP contribution in [-0.4, -0.2) is 31.8 Å². The molecule has 6 nitrogen and oxygen atoms in total. The number of urea groups is 1. The molecule has 0 fully saturated rings. The van der Waals surface area contributed by atoms with Crippen LogP contribution in [0.5, 0.6) is 5.75 Å². The SMILES string of the molecule is COc1ccc(NC(C)=O)cc1NC(=O)NCC(F)(F)F. The first kappa shape index (κ1) is 16.6. The van der Waals surface area contributed by atoms with Crippen LogP contribution in [0.4, 0.5) is 29.3 Å². The molecule has 0 unspecified atom stereocenters. The first-order valence-electron chi connectivity index (χ1n) is 5.78. The van der Waals surface area contributed by atoms with Gasteiger partial charge in [-0.3, -0.25) is 4.79 Å². The summed E-state index contributed by atoms with van der Waals surface area (Å²) in [7, 11) is 1.34. The first-order valence-corrected chi connectivity index (χ1v) is 5.78. The minimum absolute atomic E-state index is 0.128. The molecule has 0 aliphatic rings. The van der Waals surface area contributed by atoms with Gasteiger partial charge in [0.2, 0.25) is 5.91 Å². The summed E-state index contributed by atoms with van der Waals surface area (Å²) >= 11 is 0. The van der Waals surface area contributed by atoms with E-state index in [0.717, 1.165) is 0 Å². The van der Waals surface area contributed by atoms with E-state index < -0.39 is 18.8 Å². The molecule has 0 bridgehead atoms. The zero-order valence-corrected chi connectivity index (χ0v) is 11.3. The van der Waals surface area contributed by atoms with Crippen LogP contribution in [0, 0.1) is 0 Å². The van der Waals surface area contributed by atoms with Gasteiger partial charge in [0.1, 0.15) is 12.3 Å². The van der Waals surface area contributed by atoms with Crippen LogP contribution < -0.4 is 20.7 Å². The van der Waals surface area contributed by atoms with Gasteiger partial charge in [-0.05, 0) is 18.2 Å². The Morgan fingerprint density at radius 3 is 2.43 bits per heavy atom. The van der Waals surface area contributed by atoms with Crippen molar-refractivity contribution >= 4 is 23.3 Å². The van der Waals surface area contributed by atoms with Crippen LogP contribution in [0.3, 0.4) is 0 Å². The molecule has 0 aliphatic heterocycles. The predicted molar refractivity (Wildman–Crippen MR) is 70.4 cm³/mol. The van der Waals surface area contributed by atoms with E-state index in [1.54, 1.807) is 5.32 Å². The van der Waals surface area contributed by atoms with Gasteiger partial charge < -0.3 is 20.7 Å². The van der Waals surface area contributed by atoms with Crippen molar-refractivity contribution in [3.05, 3.63) is 18.2 Å². The van der Waals surface area contributed by atoms with E-state index in [-0.39, 0.29) is 17.3 Å². The second kappa shape index (κ2) is 6.82. The van der Waals surface area contributed by atoms with Crippen LogP contribution in [0.1, 0.15) is 6.92 Å². The predicted octanol–water partition coefficient (Wildman–Crippen LogP) is 2.34. The molecule has 116 valence electrons. The van der Waals surface area contributed by atoms with Gasteiger partial charge in [-0.1, -0.05) is 0 Å². The van der Waals surface area contributed by atoms with E-state index in [1.807, 2.05) is 0 Å². The van der Waals surface area contributed by atoms with Gasteiger partial charge in [-0.15, -0.1) is 0 Å². The maximum absolute atomic E-state index is 12.0. The lowest BCUT2D eigenvalue weighted by Crippen LogP contribution is -2.36. The summed E-state index contributed by atoms with van der Waals surface area (Å²) in [6, 6.07) is 3.32. The summed E-state index contributed by atoms with van der Waals surface area (Å²) in [5, 5.41) is 6.37. The Morgan fingerprint density at radius 1 is 1.24 bits per heavy atom. The number of amides is 3. The van der Waals surface area contributed by atoms with Gasteiger partial charge in [-0.2, -0.15) is 13.2 Å². The van der Waals surface area contributed by atoms with Crippen molar-refractivity contribution in [2.75, 3.05) is 24.3 Å². The molecule has 9 heteroatoms. The Balaban J connectivity index is 2.79. The topological polar surface area (TPSA) is 79.5 Å². The van der Waals surface area contributed by atoms with Crippen molar-refractivity contribution in [3.63, 3.8) is 0 Å². The van der Waals surface area contributed by atoms with Crippen molar-refractivity contribution in [1.29, 1.82) is 0 Å². The molecule has 21 heavy (non-hydrogen) atoms. The second-order valence-corrected chi connectivity index (χ2v) is 4.02. The molecule has 3 amide bonds. The molecule has 0 saturated heterocycles. The van der Waals surface area contributed by atoms with Crippen molar-refractivity contribution < 1.29 is 27.5 Å². The zero-order chi connectivity index (χ0) is 16.0. The molecule has 1 rings (SSSR count). The summed E-state index contributed by atoms with van der Waals surface area (Å²) in [5.41, 5.74) is 0.498. The Morgan fingerprint density at radius 2 is 1.90 bits per heavy atom. The highest BCUT2D eigenvalue weighted by atomic mass is 19.4. The molecular weight excluding hydrogens is 291 g/mol. The average molecular weight is 305 g/mol. The molecule has 0 radical (unpaired) electrons. The van der Waals surface area contributed by atoms with Crippen LogP contribution in [0.15, 0.2) is 18.2 Å². The van der Waals surface area contributed by atoms with Crippen LogP contribution in [0.2, 0.25) is 0 Å². The van der Waals surface area contributed by atoms with Gasteiger partial charge in [0, 0.05) is 12.6 Å². The lowest BCUT2D eigenvalue weighted by atomic mass is 10.2. The number of anilines is 2. The van der Waals surface area contributed by atoms with E-state index in [9.17, 15) is 22.8 Å². The van der Waals surface area contributed by atoms with E-state index in [0.29, 0.717) is 5.69 Å². The molecule has 0 aliphatic carbocycles. The Kier molecular flexibility index (Phi) is 5.39. The molecule has 0 heterocycles. The van der Waals surface area contributed by atoms with Gasteiger partial charge in [0.25, 0.3) is 0 Å². The number of benzene rings is 1. The summed E-state index contributed by atoms with van der Waals surface area (Å²) in [6.07, 6.45) is -4.50. The van der Waals surface area contributed by atoms with Crippen molar-refractivity contribution in [3.8, 4) is 5.75 Å². The number of ether oxygens (including phenoxy) is 1. The quantitative estimate of drug-likeness (QED) is 0.799. The average Bonchev–Trinajstić information content (AvgIpc) is 2.35. The third-order valence-electron chi connectivity index (χ3n) is 2.22. The smallest absolute Gasteiger partial charge is 0.405 e. The minimum atomic E-state index is -4.50. The molecule has 0 spiro atoms. The lowest BCUT2D eigenvalue weighted by Gasteiger charge is -2.13. The van der Waals surface area contributed by atoms with Crippen molar-refractivity contribution in [2.24, 2.45) is 0 Å². The number of rotatable bonds is 4.